The van der Waals surface area contributed by atoms with E-state index in [4.69, 9.17) is 15.9 Å². The molecule has 1 saturated heterocycles. The van der Waals surface area contributed by atoms with Crippen LogP contribution in [0.5, 0.6) is 5.75 Å². The predicted octanol–water partition coefficient (Wildman–Crippen LogP) is 1.64. The highest BCUT2D eigenvalue weighted by atomic mass is 16.6. The molecule has 2 nitrogen and oxygen atoms in total. The molecule has 0 aliphatic carbocycles. The molecule has 72 valence electrons. The number of para-hydroxylation sites is 1. The van der Waals surface area contributed by atoms with Crippen LogP contribution >= 0.6 is 0 Å². The first-order valence-corrected chi connectivity index (χ1v) is 4.66. The fraction of sp³-hybridized carbons (Fsp3) is 0.333. The number of terminal acetylenes is 1. The maximum atomic E-state index is 5.59. The summed E-state index contributed by atoms with van der Waals surface area (Å²) >= 11 is 0. The van der Waals surface area contributed by atoms with Crippen molar-refractivity contribution in [2.24, 2.45) is 0 Å². The quantitative estimate of drug-likeness (QED) is 0.529. The molecule has 1 unspecified atom stereocenters. The number of epoxide rings is 1. The average molecular weight is 188 g/mol. The van der Waals surface area contributed by atoms with Gasteiger partial charge in [-0.2, -0.15) is 0 Å². The Morgan fingerprint density at radius 3 is 3.00 bits per heavy atom. The van der Waals surface area contributed by atoms with Gasteiger partial charge in [0.05, 0.1) is 6.61 Å². The molecule has 1 aliphatic rings. The lowest BCUT2D eigenvalue weighted by Gasteiger charge is -2.07. The molecule has 1 atom stereocenters. The Balaban J connectivity index is 2.02. The van der Waals surface area contributed by atoms with Crippen LogP contribution in [-0.2, 0) is 11.2 Å². The van der Waals surface area contributed by atoms with E-state index in [9.17, 15) is 0 Å². The summed E-state index contributed by atoms with van der Waals surface area (Å²) in [6.07, 6.45) is 6.17. The third kappa shape index (κ3) is 2.27. The minimum atomic E-state index is 0.286. The van der Waals surface area contributed by atoms with Crippen molar-refractivity contribution in [3.8, 4) is 18.1 Å². The van der Waals surface area contributed by atoms with Gasteiger partial charge in [-0.25, -0.2) is 0 Å². The first-order chi connectivity index (χ1) is 6.90. The minimum absolute atomic E-state index is 0.286. The van der Waals surface area contributed by atoms with Crippen molar-refractivity contribution in [2.45, 2.75) is 12.5 Å². The lowest BCUT2D eigenvalue weighted by molar-refractivity contribution is 0.261. The normalized spacial score (nSPS) is 18.6. The zero-order chi connectivity index (χ0) is 9.80. The number of hydrogen-bond donors (Lipinski definition) is 0. The lowest BCUT2D eigenvalue weighted by atomic mass is 10.1. The zero-order valence-electron chi connectivity index (χ0n) is 7.90. The van der Waals surface area contributed by atoms with Crippen molar-refractivity contribution in [3.63, 3.8) is 0 Å². The molecule has 0 N–H and O–H groups in total. The summed E-state index contributed by atoms with van der Waals surface area (Å²) in [7, 11) is 0. The third-order valence-electron chi connectivity index (χ3n) is 2.09. The molecule has 1 aromatic carbocycles. The monoisotopic (exact) mass is 188 g/mol. The van der Waals surface area contributed by atoms with Crippen LogP contribution in [-0.4, -0.2) is 19.3 Å². The Labute approximate surface area is 83.8 Å². The standard InChI is InChI=1S/C12H12O2/c1-2-5-10-6-3-4-7-12(10)14-9-11-8-13-11/h1,3-4,6-7,11H,5,8-9H2. The molecule has 2 rings (SSSR count). The highest BCUT2D eigenvalue weighted by Gasteiger charge is 2.23. The molecule has 2 heteroatoms. The average Bonchev–Trinajstić information content (AvgIpc) is 3.01. The maximum Gasteiger partial charge on any atom is 0.123 e. The van der Waals surface area contributed by atoms with E-state index in [2.05, 4.69) is 5.92 Å². The van der Waals surface area contributed by atoms with Gasteiger partial charge >= 0.3 is 0 Å². The van der Waals surface area contributed by atoms with Gasteiger partial charge < -0.3 is 9.47 Å². The van der Waals surface area contributed by atoms with Crippen molar-refractivity contribution in [2.75, 3.05) is 13.2 Å². The van der Waals surface area contributed by atoms with E-state index in [1.807, 2.05) is 24.3 Å². The van der Waals surface area contributed by atoms with Crippen molar-refractivity contribution < 1.29 is 9.47 Å². The van der Waals surface area contributed by atoms with E-state index in [0.29, 0.717) is 13.0 Å². The SMILES string of the molecule is C#CCc1ccccc1OCC1CO1. The van der Waals surface area contributed by atoms with Crippen molar-refractivity contribution >= 4 is 0 Å². The maximum absolute atomic E-state index is 5.59. The molecule has 1 aromatic rings. The van der Waals surface area contributed by atoms with E-state index in [0.717, 1.165) is 17.9 Å². The van der Waals surface area contributed by atoms with Crippen molar-refractivity contribution in [3.05, 3.63) is 29.8 Å². The zero-order valence-corrected chi connectivity index (χ0v) is 7.90. The molecule has 1 heterocycles. The summed E-state index contributed by atoms with van der Waals surface area (Å²) in [6, 6.07) is 7.84. The topological polar surface area (TPSA) is 21.8 Å². The summed E-state index contributed by atoms with van der Waals surface area (Å²) in [6.45, 7) is 1.44. The Morgan fingerprint density at radius 2 is 2.29 bits per heavy atom. The van der Waals surface area contributed by atoms with Crippen LogP contribution < -0.4 is 4.74 Å². The molecule has 0 spiro atoms. The molecule has 14 heavy (non-hydrogen) atoms. The Bertz CT molecular complexity index is 348. The molecule has 1 fully saturated rings. The first kappa shape index (κ1) is 9.11. The summed E-state index contributed by atoms with van der Waals surface area (Å²) in [5, 5.41) is 0. The smallest absolute Gasteiger partial charge is 0.123 e. The Kier molecular flexibility index (Phi) is 2.71. The number of ether oxygens (including phenoxy) is 2. The van der Waals surface area contributed by atoms with Gasteiger partial charge in [0.15, 0.2) is 0 Å². The largest absolute Gasteiger partial charge is 0.490 e. The number of benzene rings is 1. The summed E-state index contributed by atoms with van der Waals surface area (Å²) in [4.78, 5) is 0. The second-order valence-corrected chi connectivity index (χ2v) is 3.25. The van der Waals surface area contributed by atoms with Gasteiger partial charge in [-0.05, 0) is 6.07 Å². The molecular formula is C12H12O2. The van der Waals surface area contributed by atoms with Crippen LogP contribution in [0.1, 0.15) is 5.56 Å². The van der Waals surface area contributed by atoms with Crippen LogP contribution in [0.15, 0.2) is 24.3 Å². The fourth-order valence-corrected chi connectivity index (χ4v) is 1.25. The number of rotatable bonds is 4. The highest BCUT2D eigenvalue weighted by molar-refractivity contribution is 5.35. The van der Waals surface area contributed by atoms with E-state index in [1.54, 1.807) is 0 Å². The van der Waals surface area contributed by atoms with Crippen LogP contribution in [0.2, 0.25) is 0 Å². The van der Waals surface area contributed by atoms with Crippen molar-refractivity contribution in [1.82, 2.24) is 0 Å². The van der Waals surface area contributed by atoms with Gasteiger partial charge in [0.2, 0.25) is 0 Å². The molecule has 0 bridgehead atoms. The molecule has 1 aliphatic heterocycles. The van der Waals surface area contributed by atoms with Gasteiger partial charge in [0, 0.05) is 12.0 Å². The molecule has 0 amide bonds. The van der Waals surface area contributed by atoms with Crippen molar-refractivity contribution in [1.29, 1.82) is 0 Å². The van der Waals surface area contributed by atoms with Gasteiger partial charge in [0.25, 0.3) is 0 Å². The summed E-state index contributed by atoms with van der Waals surface area (Å²) in [5.74, 6) is 3.49. The van der Waals surface area contributed by atoms with Crippen LogP contribution in [0, 0.1) is 12.3 Å². The predicted molar refractivity (Wildman–Crippen MR) is 54.2 cm³/mol. The highest BCUT2D eigenvalue weighted by Crippen LogP contribution is 2.20. The Morgan fingerprint density at radius 1 is 1.50 bits per heavy atom. The molecular weight excluding hydrogens is 176 g/mol. The lowest BCUT2D eigenvalue weighted by Crippen LogP contribution is -2.05. The second-order valence-electron chi connectivity index (χ2n) is 3.25. The summed E-state index contributed by atoms with van der Waals surface area (Å²) < 4.78 is 10.7. The Hall–Kier alpha value is -1.46. The van der Waals surface area contributed by atoms with E-state index in [-0.39, 0.29) is 6.10 Å². The summed E-state index contributed by atoms with van der Waals surface area (Å²) in [5.41, 5.74) is 1.07. The van der Waals surface area contributed by atoms with Gasteiger partial charge in [0.1, 0.15) is 18.5 Å². The van der Waals surface area contributed by atoms with Crippen LogP contribution in [0.3, 0.4) is 0 Å². The third-order valence-corrected chi connectivity index (χ3v) is 2.09. The van der Waals surface area contributed by atoms with Gasteiger partial charge in [-0.3, -0.25) is 0 Å². The van der Waals surface area contributed by atoms with E-state index >= 15 is 0 Å². The van der Waals surface area contributed by atoms with Crippen LogP contribution in [0.4, 0.5) is 0 Å². The number of hydrogen-bond acceptors (Lipinski definition) is 2. The molecule has 0 aromatic heterocycles. The van der Waals surface area contributed by atoms with E-state index < -0.39 is 0 Å². The van der Waals surface area contributed by atoms with Gasteiger partial charge in [-0.1, -0.05) is 18.2 Å². The molecule has 0 radical (unpaired) electrons. The minimum Gasteiger partial charge on any atom is -0.490 e. The second kappa shape index (κ2) is 4.17. The fourth-order valence-electron chi connectivity index (χ4n) is 1.25. The van der Waals surface area contributed by atoms with Gasteiger partial charge in [-0.15, -0.1) is 12.3 Å². The van der Waals surface area contributed by atoms with Crippen LogP contribution in [0.25, 0.3) is 0 Å². The van der Waals surface area contributed by atoms with E-state index in [1.165, 1.54) is 0 Å². The molecule has 0 saturated carbocycles. The first-order valence-electron chi connectivity index (χ1n) is 4.66.